The first-order valence-electron chi connectivity index (χ1n) is 3.02. The van der Waals surface area contributed by atoms with Crippen molar-refractivity contribution < 1.29 is 17.9 Å². The molecule has 0 aliphatic rings. The molecule has 4 nitrogen and oxygen atoms in total. The molecule has 0 spiro atoms. The molecule has 0 aromatic carbocycles. The van der Waals surface area contributed by atoms with Crippen molar-refractivity contribution in [1.82, 2.24) is 14.8 Å². The van der Waals surface area contributed by atoms with Gasteiger partial charge in [0.05, 0.1) is 0 Å². The maximum absolute atomic E-state index is 11.6. The molecule has 0 N–H and O–H groups in total. The van der Waals surface area contributed by atoms with Gasteiger partial charge in [0, 0.05) is 7.05 Å². The highest BCUT2D eigenvalue weighted by Gasteiger charge is 2.29. The van der Waals surface area contributed by atoms with Crippen LogP contribution in [0.15, 0.2) is 6.33 Å². The number of alkyl halides is 3. The van der Waals surface area contributed by atoms with Gasteiger partial charge in [-0.3, -0.25) is 4.68 Å². The summed E-state index contributed by atoms with van der Waals surface area (Å²) in [4.78, 5) is 3.45. The predicted octanol–water partition coefficient (Wildman–Crippen LogP) is 0.756. The Balaban J connectivity index is 2.44. The van der Waals surface area contributed by atoms with Gasteiger partial charge >= 0.3 is 12.2 Å². The zero-order valence-corrected chi connectivity index (χ0v) is 6.17. The first kappa shape index (κ1) is 8.82. The predicted molar refractivity (Wildman–Crippen MR) is 32.6 cm³/mol. The van der Waals surface area contributed by atoms with Crippen LogP contribution in [0.1, 0.15) is 0 Å². The minimum atomic E-state index is -4.35. The summed E-state index contributed by atoms with van der Waals surface area (Å²) in [7, 11) is 1.54. The molecule has 0 radical (unpaired) electrons. The van der Waals surface area contributed by atoms with E-state index in [1.165, 1.54) is 18.1 Å². The minimum absolute atomic E-state index is 0.269. The van der Waals surface area contributed by atoms with Gasteiger partial charge in [0.1, 0.15) is 6.33 Å². The molecule has 0 saturated heterocycles. The molecule has 1 aromatic rings. The molecule has 0 amide bonds. The molecule has 1 rings (SSSR count). The zero-order chi connectivity index (χ0) is 9.19. The van der Waals surface area contributed by atoms with Crippen LogP contribution in [-0.4, -0.2) is 27.5 Å². The van der Waals surface area contributed by atoms with Crippen molar-refractivity contribution in [3.63, 3.8) is 0 Å². The van der Waals surface area contributed by atoms with Crippen LogP contribution in [-0.2, 0) is 7.05 Å². The van der Waals surface area contributed by atoms with Gasteiger partial charge in [-0.15, -0.1) is 5.10 Å². The number of hydrogen-bond donors (Lipinski definition) is 0. The fraction of sp³-hybridized carbons (Fsp3) is 0.600. The van der Waals surface area contributed by atoms with Crippen molar-refractivity contribution in [3.05, 3.63) is 6.33 Å². The molecule has 0 atom stereocenters. The summed E-state index contributed by atoms with van der Waals surface area (Å²) in [5.41, 5.74) is 0. The Hall–Kier alpha value is -1.27. The van der Waals surface area contributed by atoms with E-state index in [1.54, 1.807) is 0 Å². The van der Waals surface area contributed by atoms with Gasteiger partial charge in [0.25, 0.3) is 0 Å². The van der Waals surface area contributed by atoms with E-state index in [2.05, 4.69) is 14.8 Å². The second-order valence-electron chi connectivity index (χ2n) is 2.10. The third-order valence-electron chi connectivity index (χ3n) is 0.943. The molecule has 68 valence electrons. The van der Waals surface area contributed by atoms with E-state index in [9.17, 15) is 13.2 Å². The lowest BCUT2D eigenvalue weighted by molar-refractivity contribution is -0.154. The van der Waals surface area contributed by atoms with Gasteiger partial charge in [-0.2, -0.15) is 18.2 Å². The van der Waals surface area contributed by atoms with E-state index in [1.807, 2.05) is 0 Å². The summed E-state index contributed by atoms with van der Waals surface area (Å²) in [5, 5.41) is 3.50. The zero-order valence-electron chi connectivity index (χ0n) is 6.17. The Kier molecular flexibility index (Phi) is 2.20. The molecule has 1 aromatic heterocycles. The van der Waals surface area contributed by atoms with E-state index in [0.29, 0.717) is 0 Å². The summed E-state index contributed by atoms with van der Waals surface area (Å²) in [5.74, 6) is 0. The van der Waals surface area contributed by atoms with Crippen LogP contribution in [0.25, 0.3) is 0 Å². The van der Waals surface area contributed by atoms with E-state index >= 15 is 0 Å². The highest BCUT2D eigenvalue weighted by Crippen LogP contribution is 2.15. The van der Waals surface area contributed by atoms with Crippen molar-refractivity contribution in [2.24, 2.45) is 7.05 Å². The highest BCUT2D eigenvalue weighted by atomic mass is 19.4. The lowest BCUT2D eigenvalue weighted by atomic mass is 10.7. The van der Waals surface area contributed by atoms with E-state index in [4.69, 9.17) is 0 Å². The van der Waals surface area contributed by atoms with Crippen molar-refractivity contribution >= 4 is 0 Å². The van der Waals surface area contributed by atoms with Crippen LogP contribution in [0, 0.1) is 0 Å². The summed E-state index contributed by atoms with van der Waals surface area (Å²) >= 11 is 0. The van der Waals surface area contributed by atoms with Gasteiger partial charge in [0.2, 0.25) is 0 Å². The Bertz CT molecular complexity index is 257. The largest absolute Gasteiger partial charge is 0.453 e. The van der Waals surface area contributed by atoms with Crippen molar-refractivity contribution in [2.75, 3.05) is 6.61 Å². The Morgan fingerprint density at radius 1 is 1.58 bits per heavy atom. The average molecular weight is 181 g/mol. The Morgan fingerprint density at radius 3 is 2.67 bits per heavy atom. The molecular formula is C5H6F3N3O. The van der Waals surface area contributed by atoms with Gasteiger partial charge in [-0.05, 0) is 0 Å². The monoisotopic (exact) mass is 181 g/mol. The summed E-state index contributed by atoms with van der Waals surface area (Å²) in [6.07, 6.45) is -3.09. The molecule has 0 fully saturated rings. The number of ether oxygens (including phenoxy) is 1. The van der Waals surface area contributed by atoms with Crippen LogP contribution in [0.3, 0.4) is 0 Å². The standard InChI is InChI=1S/C5H6F3N3O/c1-11-3-9-4(10-11)12-2-5(6,7)8/h3H,2H2,1H3. The molecular weight excluding hydrogens is 175 g/mol. The minimum Gasteiger partial charge on any atom is -0.453 e. The lowest BCUT2D eigenvalue weighted by Gasteiger charge is -2.04. The van der Waals surface area contributed by atoms with Crippen LogP contribution in [0.4, 0.5) is 13.2 Å². The van der Waals surface area contributed by atoms with Crippen LogP contribution < -0.4 is 4.74 Å². The Morgan fingerprint density at radius 2 is 2.25 bits per heavy atom. The third kappa shape index (κ3) is 2.77. The van der Waals surface area contributed by atoms with Gasteiger partial charge < -0.3 is 4.74 Å². The van der Waals surface area contributed by atoms with Crippen LogP contribution >= 0.6 is 0 Å². The number of aryl methyl sites for hydroxylation is 1. The molecule has 1 heterocycles. The maximum atomic E-state index is 11.6. The van der Waals surface area contributed by atoms with Gasteiger partial charge in [0.15, 0.2) is 6.61 Å². The van der Waals surface area contributed by atoms with Gasteiger partial charge in [-0.1, -0.05) is 0 Å². The molecule has 0 bridgehead atoms. The molecule has 7 heteroatoms. The van der Waals surface area contributed by atoms with Crippen molar-refractivity contribution in [2.45, 2.75) is 6.18 Å². The highest BCUT2D eigenvalue weighted by molar-refractivity contribution is 4.86. The van der Waals surface area contributed by atoms with Crippen molar-refractivity contribution in [3.8, 4) is 6.01 Å². The number of hydrogen-bond acceptors (Lipinski definition) is 3. The average Bonchev–Trinajstić information content (AvgIpc) is 2.30. The number of halogens is 3. The number of rotatable bonds is 2. The smallest absolute Gasteiger partial charge is 0.422 e. The molecule has 0 aliphatic carbocycles. The number of aromatic nitrogens is 3. The topological polar surface area (TPSA) is 39.9 Å². The fourth-order valence-electron chi connectivity index (χ4n) is 0.532. The quantitative estimate of drug-likeness (QED) is 0.676. The molecule has 0 aliphatic heterocycles. The number of nitrogens with zero attached hydrogens (tertiary/aromatic N) is 3. The summed E-state index contributed by atoms with van der Waals surface area (Å²) in [6.45, 7) is -1.36. The summed E-state index contributed by atoms with van der Waals surface area (Å²) in [6, 6.07) is -0.269. The normalized spacial score (nSPS) is 11.7. The maximum Gasteiger partial charge on any atom is 0.422 e. The second kappa shape index (κ2) is 3.00. The lowest BCUT2D eigenvalue weighted by Crippen LogP contribution is -2.19. The van der Waals surface area contributed by atoms with E-state index in [0.717, 1.165) is 0 Å². The van der Waals surface area contributed by atoms with Gasteiger partial charge in [-0.25, -0.2) is 0 Å². The fourth-order valence-corrected chi connectivity index (χ4v) is 0.532. The Labute approximate surface area is 66.0 Å². The molecule has 0 saturated carbocycles. The van der Waals surface area contributed by atoms with Crippen LogP contribution in [0.2, 0.25) is 0 Å². The summed E-state index contributed by atoms with van der Waals surface area (Å²) < 4.78 is 40.2. The molecule has 0 unspecified atom stereocenters. The first-order valence-corrected chi connectivity index (χ1v) is 3.02. The first-order chi connectivity index (χ1) is 5.47. The van der Waals surface area contributed by atoms with E-state index < -0.39 is 12.8 Å². The van der Waals surface area contributed by atoms with Crippen molar-refractivity contribution in [1.29, 1.82) is 0 Å². The SMILES string of the molecule is Cn1cnc(OCC(F)(F)F)n1. The molecule has 12 heavy (non-hydrogen) atoms. The second-order valence-corrected chi connectivity index (χ2v) is 2.10. The van der Waals surface area contributed by atoms with E-state index in [-0.39, 0.29) is 6.01 Å². The van der Waals surface area contributed by atoms with Crippen LogP contribution in [0.5, 0.6) is 6.01 Å². The third-order valence-corrected chi connectivity index (χ3v) is 0.943.